The fraction of sp³-hybridized carbons (Fsp3) is 0.292. The molecule has 33 heavy (non-hydrogen) atoms. The van der Waals surface area contributed by atoms with Crippen LogP contribution in [0.3, 0.4) is 0 Å². The number of para-hydroxylation sites is 1. The molecule has 0 radical (unpaired) electrons. The Morgan fingerprint density at radius 3 is 2.58 bits per heavy atom. The molecule has 1 aliphatic heterocycles. The minimum Gasteiger partial charge on any atom is -0.493 e. The molecular formula is C24H27N3O5S. The first kappa shape index (κ1) is 22.7. The molecule has 0 fully saturated rings. The van der Waals surface area contributed by atoms with Crippen LogP contribution in [-0.2, 0) is 29.9 Å². The fourth-order valence-corrected chi connectivity index (χ4v) is 5.61. The zero-order valence-electron chi connectivity index (χ0n) is 18.9. The number of carbonyl (C=O) groups is 1. The zero-order chi connectivity index (χ0) is 23.6. The van der Waals surface area contributed by atoms with Crippen molar-refractivity contribution in [2.45, 2.75) is 17.7 Å². The van der Waals surface area contributed by atoms with Gasteiger partial charge in [-0.05, 0) is 48.2 Å². The van der Waals surface area contributed by atoms with Crippen molar-refractivity contribution in [1.29, 1.82) is 0 Å². The number of amides is 1. The molecule has 0 unspecified atom stereocenters. The summed E-state index contributed by atoms with van der Waals surface area (Å²) in [5.41, 5.74) is 2.97. The third-order valence-corrected chi connectivity index (χ3v) is 7.57. The maximum Gasteiger partial charge on any atom is 0.267 e. The number of nitrogens with zero attached hydrogens (tertiary/aromatic N) is 2. The van der Waals surface area contributed by atoms with E-state index in [0.29, 0.717) is 43.1 Å². The number of aryl methyl sites for hydroxylation is 1. The number of sulfonamides is 1. The molecule has 1 N–H and O–H groups in total. The Hall–Kier alpha value is -3.46. The van der Waals surface area contributed by atoms with E-state index in [1.807, 2.05) is 42.5 Å². The molecule has 0 saturated carbocycles. The second-order valence-corrected chi connectivity index (χ2v) is 9.69. The molecule has 4 rings (SSSR count). The first-order valence-electron chi connectivity index (χ1n) is 10.6. The molecule has 1 aromatic heterocycles. The van der Waals surface area contributed by atoms with Crippen LogP contribution in [0, 0.1) is 0 Å². The van der Waals surface area contributed by atoms with E-state index in [1.165, 1.54) is 16.6 Å². The van der Waals surface area contributed by atoms with E-state index < -0.39 is 10.0 Å². The lowest BCUT2D eigenvalue weighted by Gasteiger charge is -2.18. The van der Waals surface area contributed by atoms with Crippen molar-refractivity contribution in [2.24, 2.45) is 7.05 Å². The normalized spacial score (nSPS) is 13.0. The number of rotatable bonds is 8. The van der Waals surface area contributed by atoms with Gasteiger partial charge in [-0.25, -0.2) is 8.42 Å². The summed E-state index contributed by atoms with van der Waals surface area (Å²) in [6, 6.07) is 14.5. The van der Waals surface area contributed by atoms with Crippen LogP contribution in [0.2, 0.25) is 0 Å². The quantitative estimate of drug-likeness (QED) is 0.548. The van der Waals surface area contributed by atoms with Gasteiger partial charge in [0.25, 0.3) is 15.9 Å². The molecule has 2 heterocycles. The number of hydrogen-bond acceptors (Lipinski definition) is 5. The third-order valence-electron chi connectivity index (χ3n) is 5.79. The second-order valence-electron chi connectivity index (χ2n) is 7.82. The number of hydrogen-bond donors (Lipinski definition) is 1. The van der Waals surface area contributed by atoms with Crippen LogP contribution in [0.25, 0.3) is 0 Å². The summed E-state index contributed by atoms with van der Waals surface area (Å²) in [4.78, 5) is 12.9. The number of ether oxygens (including phenoxy) is 2. The number of aromatic nitrogens is 1. The van der Waals surface area contributed by atoms with Crippen molar-refractivity contribution < 1.29 is 22.7 Å². The third kappa shape index (κ3) is 4.41. The maximum absolute atomic E-state index is 13.3. The second kappa shape index (κ2) is 9.19. The molecule has 0 saturated heterocycles. The van der Waals surface area contributed by atoms with Gasteiger partial charge in [-0.3, -0.25) is 9.10 Å². The minimum absolute atomic E-state index is 0.103. The molecule has 0 bridgehead atoms. The average Bonchev–Trinajstić information content (AvgIpc) is 3.43. The number of fused-ring (bicyclic) bond motifs is 1. The van der Waals surface area contributed by atoms with Gasteiger partial charge in [0.15, 0.2) is 11.5 Å². The van der Waals surface area contributed by atoms with Crippen molar-refractivity contribution in [3.05, 3.63) is 71.5 Å². The molecule has 174 valence electrons. The highest BCUT2D eigenvalue weighted by Crippen LogP contribution is 2.33. The summed E-state index contributed by atoms with van der Waals surface area (Å²) >= 11 is 0. The van der Waals surface area contributed by atoms with Crippen molar-refractivity contribution in [3.8, 4) is 11.5 Å². The van der Waals surface area contributed by atoms with Crippen molar-refractivity contribution in [1.82, 2.24) is 9.88 Å². The molecule has 0 spiro atoms. The molecule has 9 heteroatoms. The summed E-state index contributed by atoms with van der Waals surface area (Å²) in [5, 5.41) is 2.86. The van der Waals surface area contributed by atoms with E-state index in [2.05, 4.69) is 5.32 Å². The lowest BCUT2D eigenvalue weighted by atomic mass is 10.1. The Morgan fingerprint density at radius 1 is 1.06 bits per heavy atom. The largest absolute Gasteiger partial charge is 0.493 e. The van der Waals surface area contributed by atoms with Crippen LogP contribution in [0.4, 0.5) is 5.69 Å². The summed E-state index contributed by atoms with van der Waals surface area (Å²) in [7, 11) is 1.06. The average molecular weight is 470 g/mol. The fourth-order valence-electron chi connectivity index (χ4n) is 4.03. The predicted octanol–water partition coefficient (Wildman–Crippen LogP) is 2.77. The van der Waals surface area contributed by atoms with Gasteiger partial charge in [0, 0.05) is 26.3 Å². The zero-order valence-corrected chi connectivity index (χ0v) is 19.7. The van der Waals surface area contributed by atoms with Crippen LogP contribution < -0.4 is 19.1 Å². The Labute approximate surface area is 193 Å². The molecule has 1 aliphatic rings. The molecule has 1 amide bonds. The molecular weight excluding hydrogens is 442 g/mol. The van der Waals surface area contributed by atoms with E-state index in [0.717, 1.165) is 11.1 Å². The van der Waals surface area contributed by atoms with E-state index in [1.54, 1.807) is 25.8 Å². The molecule has 3 aromatic rings. The van der Waals surface area contributed by atoms with Crippen molar-refractivity contribution in [3.63, 3.8) is 0 Å². The van der Waals surface area contributed by atoms with Crippen LogP contribution >= 0.6 is 0 Å². The number of benzene rings is 2. The summed E-state index contributed by atoms with van der Waals surface area (Å²) < 4.78 is 40.0. The molecule has 2 aromatic carbocycles. The lowest BCUT2D eigenvalue weighted by molar-refractivity contribution is 0.0946. The number of anilines is 1. The SMILES string of the molecule is COc1ccc(CCNC(=O)c2cc(S(=O)(=O)N3CCc4ccccc43)cn2C)cc1OC. The Bertz CT molecular complexity index is 1280. The van der Waals surface area contributed by atoms with Crippen molar-refractivity contribution in [2.75, 3.05) is 31.6 Å². The van der Waals surface area contributed by atoms with Gasteiger partial charge < -0.3 is 19.4 Å². The Morgan fingerprint density at radius 2 is 1.82 bits per heavy atom. The number of methoxy groups -OCH3 is 2. The minimum atomic E-state index is -3.76. The first-order valence-corrected chi connectivity index (χ1v) is 12.0. The van der Waals surface area contributed by atoms with Gasteiger partial charge in [-0.15, -0.1) is 0 Å². The highest BCUT2D eigenvalue weighted by atomic mass is 32.2. The predicted molar refractivity (Wildman–Crippen MR) is 126 cm³/mol. The summed E-state index contributed by atoms with van der Waals surface area (Å²) in [6.45, 7) is 0.782. The number of nitrogens with one attached hydrogen (secondary N) is 1. The van der Waals surface area contributed by atoms with Gasteiger partial charge in [0.1, 0.15) is 10.6 Å². The standard InChI is InChI=1S/C24H27N3O5S/c1-26-16-19(33(29,30)27-13-11-18-6-4-5-7-20(18)27)15-21(26)24(28)25-12-10-17-8-9-22(31-2)23(14-17)32-3/h4-9,14-16H,10-13H2,1-3H3,(H,25,28). The summed E-state index contributed by atoms with van der Waals surface area (Å²) in [6.07, 6.45) is 2.75. The maximum atomic E-state index is 13.3. The van der Waals surface area contributed by atoms with Crippen LogP contribution in [-0.4, -0.2) is 46.2 Å². The highest BCUT2D eigenvalue weighted by Gasteiger charge is 2.32. The topological polar surface area (TPSA) is 89.9 Å². The molecule has 0 atom stereocenters. The molecule has 0 aliphatic carbocycles. The molecule has 8 nitrogen and oxygen atoms in total. The van der Waals surface area contributed by atoms with E-state index in [4.69, 9.17) is 9.47 Å². The van der Waals surface area contributed by atoms with E-state index in [-0.39, 0.29) is 16.5 Å². The van der Waals surface area contributed by atoms with Gasteiger partial charge in [0.2, 0.25) is 0 Å². The number of carbonyl (C=O) groups excluding carboxylic acids is 1. The van der Waals surface area contributed by atoms with Gasteiger partial charge >= 0.3 is 0 Å². The van der Waals surface area contributed by atoms with E-state index in [9.17, 15) is 13.2 Å². The Kier molecular flexibility index (Phi) is 6.33. The van der Waals surface area contributed by atoms with Crippen molar-refractivity contribution >= 4 is 21.6 Å². The monoisotopic (exact) mass is 469 g/mol. The highest BCUT2D eigenvalue weighted by molar-refractivity contribution is 7.92. The van der Waals surface area contributed by atoms with E-state index >= 15 is 0 Å². The van der Waals surface area contributed by atoms with Gasteiger partial charge in [-0.1, -0.05) is 24.3 Å². The lowest BCUT2D eigenvalue weighted by Crippen LogP contribution is -2.29. The van der Waals surface area contributed by atoms with Crippen LogP contribution in [0.1, 0.15) is 21.6 Å². The van der Waals surface area contributed by atoms with Crippen LogP contribution in [0.15, 0.2) is 59.6 Å². The van der Waals surface area contributed by atoms with Gasteiger partial charge in [-0.2, -0.15) is 0 Å². The summed E-state index contributed by atoms with van der Waals surface area (Å²) in [5.74, 6) is 0.937. The van der Waals surface area contributed by atoms with Gasteiger partial charge in [0.05, 0.1) is 19.9 Å². The Balaban J connectivity index is 1.45. The first-order chi connectivity index (χ1) is 15.8. The smallest absolute Gasteiger partial charge is 0.267 e. The van der Waals surface area contributed by atoms with Crippen LogP contribution in [0.5, 0.6) is 11.5 Å².